The Hall–Kier alpha value is -2.44. The van der Waals surface area contributed by atoms with E-state index in [9.17, 15) is 9.90 Å². The van der Waals surface area contributed by atoms with Gasteiger partial charge in [0.25, 0.3) is 5.91 Å². The number of rotatable bonds is 3. The monoisotopic (exact) mass is 380 g/mol. The van der Waals surface area contributed by atoms with E-state index in [0.717, 1.165) is 31.6 Å². The lowest BCUT2D eigenvalue weighted by molar-refractivity contribution is 0.0166. The van der Waals surface area contributed by atoms with Gasteiger partial charge in [-0.05, 0) is 57.1 Å². The Morgan fingerprint density at radius 1 is 1.21 bits per heavy atom. The van der Waals surface area contributed by atoms with E-state index < -0.39 is 12.0 Å². The summed E-state index contributed by atoms with van der Waals surface area (Å²) in [5, 5.41) is 11.3. The van der Waals surface area contributed by atoms with Crippen molar-refractivity contribution in [2.75, 3.05) is 32.1 Å². The normalized spacial score (nSPS) is 23.2. The van der Waals surface area contributed by atoms with Crippen molar-refractivity contribution in [3.8, 4) is 0 Å². The van der Waals surface area contributed by atoms with Crippen molar-refractivity contribution in [2.24, 2.45) is 5.73 Å². The molecule has 1 aliphatic heterocycles. The number of amides is 1. The Morgan fingerprint density at radius 2 is 1.89 bits per heavy atom. The van der Waals surface area contributed by atoms with Crippen molar-refractivity contribution in [1.82, 2.24) is 9.88 Å². The average Bonchev–Trinajstić information content (AvgIpc) is 2.91. The second-order valence-corrected chi connectivity index (χ2v) is 8.27. The van der Waals surface area contributed by atoms with Gasteiger partial charge in [0.05, 0.1) is 17.7 Å². The Balaban J connectivity index is 1.66. The fourth-order valence-corrected chi connectivity index (χ4v) is 5.06. The van der Waals surface area contributed by atoms with E-state index in [1.54, 1.807) is 6.07 Å². The number of nitrogens with zero attached hydrogens (tertiary/aromatic N) is 3. The zero-order valence-corrected chi connectivity index (χ0v) is 16.7. The van der Waals surface area contributed by atoms with Crippen molar-refractivity contribution in [1.29, 1.82) is 0 Å². The number of carbonyl (C=O) groups excluding carboxylic acids is 1. The van der Waals surface area contributed by atoms with E-state index >= 15 is 0 Å². The molecule has 1 aromatic carbocycles. The van der Waals surface area contributed by atoms with Gasteiger partial charge < -0.3 is 20.6 Å². The van der Waals surface area contributed by atoms with E-state index in [0.29, 0.717) is 11.4 Å². The van der Waals surface area contributed by atoms with Gasteiger partial charge in [-0.2, -0.15) is 0 Å². The topological polar surface area (TPSA) is 82.7 Å². The fourth-order valence-electron chi connectivity index (χ4n) is 5.06. The Labute approximate surface area is 166 Å². The van der Waals surface area contributed by atoms with Crippen molar-refractivity contribution in [3.05, 3.63) is 58.8 Å². The summed E-state index contributed by atoms with van der Waals surface area (Å²) in [6, 6.07) is 12.0. The summed E-state index contributed by atoms with van der Waals surface area (Å²) in [7, 11) is 4.04. The smallest absolute Gasteiger partial charge is 0.252 e. The third kappa shape index (κ3) is 2.79. The maximum absolute atomic E-state index is 11.9. The number of aliphatic hydroxyl groups is 1. The first-order chi connectivity index (χ1) is 13.3. The lowest BCUT2D eigenvalue weighted by Gasteiger charge is -2.44. The number of hydrogen-bond donors (Lipinski definition) is 2. The number of aryl methyl sites for hydroxylation is 1. The second kappa shape index (κ2) is 6.87. The summed E-state index contributed by atoms with van der Waals surface area (Å²) in [6.07, 6.45) is 1.16. The molecule has 0 radical (unpaired) electrons. The molecule has 1 amide bonds. The number of fused-ring (bicyclic) bond motifs is 2. The van der Waals surface area contributed by atoms with E-state index in [1.165, 1.54) is 11.1 Å². The maximum atomic E-state index is 11.9. The highest BCUT2D eigenvalue weighted by molar-refractivity contribution is 5.97. The largest absolute Gasteiger partial charge is 0.390 e. The van der Waals surface area contributed by atoms with Gasteiger partial charge in [0.1, 0.15) is 5.82 Å². The van der Waals surface area contributed by atoms with Crippen LogP contribution in [0.2, 0.25) is 0 Å². The van der Waals surface area contributed by atoms with Crippen LogP contribution in [-0.4, -0.2) is 54.2 Å². The van der Waals surface area contributed by atoms with E-state index in [-0.39, 0.29) is 11.5 Å². The van der Waals surface area contributed by atoms with Gasteiger partial charge in [-0.25, -0.2) is 4.98 Å². The molecule has 2 atom stereocenters. The molecule has 0 bridgehead atoms. The molecule has 4 rings (SSSR count). The minimum Gasteiger partial charge on any atom is -0.390 e. The van der Waals surface area contributed by atoms with Crippen LogP contribution in [0.15, 0.2) is 36.4 Å². The average molecular weight is 380 g/mol. The molecule has 1 saturated heterocycles. The SMILES string of the molecule is Cc1ccc(C(N)=O)c(N2CCC3(CC2)c2ccccc2[C@@H](N(C)C)[C@@H]3O)n1. The summed E-state index contributed by atoms with van der Waals surface area (Å²) in [5.41, 5.74) is 9.11. The number of anilines is 1. The van der Waals surface area contributed by atoms with Gasteiger partial charge in [-0.15, -0.1) is 0 Å². The molecule has 148 valence electrons. The quantitative estimate of drug-likeness (QED) is 0.851. The first-order valence-electron chi connectivity index (χ1n) is 9.81. The van der Waals surface area contributed by atoms with Crippen LogP contribution in [0.1, 0.15) is 46.1 Å². The molecule has 0 saturated carbocycles. The van der Waals surface area contributed by atoms with Crippen LogP contribution in [0.3, 0.4) is 0 Å². The van der Waals surface area contributed by atoms with Gasteiger partial charge >= 0.3 is 0 Å². The highest BCUT2D eigenvalue weighted by atomic mass is 16.3. The van der Waals surface area contributed by atoms with Crippen molar-refractivity contribution in [3.63, 3.8) is 0 Å². The highest BCUT2D eigenvalue weighted by Gasteiger charge is 2.53. The van der Waals surface area contributed by atoms with E-state index in [2.05, 4.69) is 33.0 Å². The Morgan fingerprint density at radius 3 is 2.54 bits per heavy atom. The molecule has 1 fully saturated rings. The molecule has 1 aromatic heterocycles. The first kappa shape index (κ1) is 18.9. The van der Waals surface area contributed by atoms with Crippen LogP contribution in [0.25, 0.3) is 0 Å². The number of nitrogens with two attached hydrogens (primary N) is 1. The molecule has 2 heterocycles. The number of likely N-dealkylation sites (N-methyl/N-ethyl adjacent to an activating group) is 1. The van der Waals surface area contributed by atoms with Gasteiger partial charge in [0.15, 0.2) is 0 Å². The second-order valence-electron chi connectivity index (χ2n) is 8.27. The van der Waals surface area contributed by atoms with Crippen molar-refractivity contribution in [2.45, 2.75) is 37.3 Å². The maximum Gasteiger partial charge on any atom is 0.252 e. The summed E-state index contributed by atoms with van der Waals surface area (Å²) < 4.78 is 0. The van der Waals surface area contributed by atoms with Crippen LogP contribution in [0.5, 0.6) is 0 Å². The minimum atomic E-state index is -0.457. The first-order valence-corrected chi connectivity index (χ1v) is 9.81. The summed E-state index contributed by atoms with van der Waals surface area (Å²) in [4.78, 5) is 20.7. The number of primary amides is 1. The number of benzene rings is 1. The van der Waals surface area contributed by atoms with Crippen LogP contribution in [0.4, 0.5) is 5.82 Å². The van der Waals surface area contributed by atoms with E-state index in [4.69, 9.17) is 5.73 Å². The standard InChI is InChI=1S/C22H28N4O2/c1-14-8-9-16(20(23)28)21(24-14)26-12-10-22(11-13-26)17-7-5-4-6-15(17)18(19(22)27)25(2)3/h4-9,18-19,27H,10-13H2,1-3H3,(H2,23,28)/t18-,19+/m1/s1. The predicted molar refractivity (Wildman–Crippen MR) is 109 cm³/mol. The number of aliphatic hydroxyl groups excluding tert-OH is 1. The number of carbonyl (C=O) groups is 1. The van der Waals surface area contributed by atoms with Crippen LogP contribution < -0.4 is 10.6 Å². The summed E-state index contributed by atoms with van der Waals surface area (Å²) in [5.74, 6) is 0.203. The molecule has 6 nitrogen and oxygen atoms in total. The molecule has 2 aliphatic rings. The lowest BCUT2D eigenvalue weighted by Crippen LogP contribution is -2.49. The third-order valence-electron chi connectivity index (χ3n) is 6.47. The van der Waals surface area contributed by atoms with Crippen molar-refractivity contribution < 1.29 is 9.90 Å². The predicted octanol–water partition coefficient (Wildman–Crippen LogP) is 2.00. The molecular weight excluding hydrogens is 352 g/mol. The van der Waals surface area contributed by atoms with Crippen molar-refractivity contribution >= 4 is 11.7 Å². The zero-order valence-electron chi connectivity index (χ0n) is 16.7. The molecule has 2 aromatic rings. The fraction of sp³-hybridized carbons (Fsp3) is 0.455. The number of piperidine rings is 1. The lowest BCUT2D eigenvalue weighted by atomic mass is 9.72. The minimum absolute atomic E-state index is 0.000949. The third-order valence-corrected chi connectivity index (χ3v) is 6.47. The highest BCUT2D eigenvalue weighted by Crippen LogP contribution is 2.52. The molecule has 0 unspecified atom stereocenters. The number of aromatic nitrogens is 1. The zero-order chi connectivity index (χ0) is 20.1. The molecule has 28 heavy (non-hydrogen) atoms. The van der Waals surface area contributed by atoms with Crippen LogP contribution >= 0.6 is 0 Å². The molecule has 6 heteroatoms. The Bertz CT molecular complexity index is 903. The van der Waals surface area contributed by atoms with Crippen LogP contribution in [0, 0.1) is 6.92 Å². The van der Waals surface area contributed by atoms with Crippen LogP contribution in [-0.2, 0) is 5.41 Å². The summed E-state index contributed by atoms with van der Waals surface area (Å²) >= 11 is 0. The van der Waals surface area contributed by atoms with Gasteiger partial charge in [0.2, 0.25) is 0 Å². The van der Waals surface area contributed by atoms with Gasteiger partial charge in [-0.3, -0.25) is 4.79 Å². The number of pyridine rings is 1. The summed E-state index contributed by atoms with van der Waals surface area (Å²) in [6.45, 7) is 3.36. The molecule has 1 aliphatic carbocycles. The van der Waals surface area contributed by atoms with E-state index in [1.807, 2.05) is 33.2 Å². The van der Waals surface area contributed by atoms with Gasteiger partial charge in [-0.1, -0.05) is 24.3 Å². The number of hydrogen-bond acceptors (Lipinski definition) is 5. The Kier molecular flexibility index (Phi) is 4.63. The molecule has 1 spiro atoms. The molecular formula is C22H28N4O2. The molecule has 3 N–H and O–H groups in total. The van der Waals surface area contributed by atoms with Gasteiger partial charge in [0, 0.05) is 24.2 Å².